The van der Waals surface area contributed by atoms with E-state index in [0.29, 0.717) is 11.3 Å². The third-order valence-corrected chi connectivity index (χ3v) is 7.17. The fourth-order valence-electron chi connectivity index (χ4n) is 3.52. The van der Waals surface area contributed by atoms with E-state index >= 15 is 0 Å². The van der Waals surface area contributed by atoms with Crippen LogP contribution in [0.2, 0.25) is 0 Å². The lowest BCUT2D eigenvalue weighted by molar-refractivity contribution is -0.120. The van der Waals surface area contributed by atoms with Crippen molar-refractivity contribution < 1.29 is 9.59 Å². The van der Waals surface area contributed by atoms with E-state index in [1.165, 1.54) is 21.4 Å². The molecular formula is C23H25N5O2S2. The van der Waals surface area contributed by atoms with Gasteiger partial charge in [0.2, 0.25) is 5.91 Å². The molecule has 3 aromatic heterocycles. The molecule has 0 fully saturated rings. The van der Waals surface area contributed by atoms with Crippen LogP contribution in [0, 0.1) is 0 Å². The SMILES string of the molecule is CNC(=O)CCCCC[C@H](NC(=O)c1cncs1)c1ncc(-c2cc3ccccc3s2)[nH]1. The first-order valence-corrected chi connectivity index (χ1v) is 12.3. The molecule has 3 N–H and O–H groups in total. The average Bonchev–Trinajstić information content (AvgIpc) is 3.57. The number of rotatable bonds is 10. The summed E-state index contributed by atoms with van der Waals surface area (Å²) in [6.45, 7) is 0. The summed E-state index contributed by atoms with van der Waals surface area (Å²) < 4.78 is 1.23. The molecule has 32 heavy (non-hydrogen) atoms. The van der Waals surface area contributed by atoms with Crippen LogP contribution in [0.3, 0.4) is 0 Å². The normalized spacial score (nSPS) is 12.0. The summed E-state index contributed by atoms with van der Waals surface area (Å²) in [5.74, 6) is 0.642. The topological polar surface area (TPSA) is 99.8 Å². The van der Waals surface area contributed by atoms with Gasteiger partial charge in [-0.25, -0.2) is 4.98 Å². The van der Waals surface area contributed by atoms with Crippen LogP contribution in [0.15, 0.2) is 48.2 Å². The third-order valence-electron chi connectivity index (χ3n) is 5.25. The Balaban J connectivity index is 1.47. The summed E-state index contributed by atoms with van der Waals surface area (Å²) in [5.41, 5.74) is 2.59. The molecule has 4 rings (SSSR count). The fraction of sp³-hybridized carbons (Fsp3) is 0.304. The monoisotopic (exact) mass is 467 g/mol. The molecule has 0 saturated heterocycles. The van der Waals surface area contributed by atoms with Gasteiger partial charge in [-0.15, -0.1) is 22.7 Å². The van der Waals surface area contributed by atoms with Crippen molar-refractivity contribution in [1.29, 1.82) is 0 Å². The van der Waals surface area contributed by atoms with Gasteiger partial charge < -0.3 is 15.6 Å². The number of benzene rings is 1. The standard InChI is InChI=1S/C23H25N5O2S2/c1-24-21(29)10-4-2-3-8-16(28-23(30)20-13-25-14-31-20)22-26-12-17(27-22)19-11-15-7-5-6-9-18(15)32-19/h5-7,9,11-14,16H,2-4,8,10H2,1H3,(H,24,29)(H,26,27)(H,28,30)/t16-/m0/s1. The molecule has 9 heteroatoms. The van der Waals surface area contributed by atoms with Crippen molar-refractivity contribution in [3.8, 4) is 10.6 Å². The van der Waals surface area contributed by atoms with Crippen molar-refractivity contribution in [1.82, 2.24) is 25.6 Å². The summed E-state index contributed by atoms with van der Waals surface area (Å²) in [4.78, 5) is 37.8. The predicted molar refractivity (Wildman–Crippen MR) is 129 cm³/mol. The Morgan fingerprint density at radius 2 is 2.03 bits per heavy atom. The Labute approximate surface area is 194 Å². The highest BCUT2D eigenvalue weighted by atomic mass is 32.1. The van der Waals surface area contributed by atoms with Crippen molar-refractivity contribution in [3.05, 3.63) is 58.9 Å². The molecule has 0 aliphatic heterocycles. The lowest BCUT2D eigenvalue weighted by Gasteiger charge is -2.16. The number of thiophene rings is 1. The van der Waals surface area contributed by atoms with Gasteiger partial charge in [-0.1, -0.05) is 31.0 Å². The first-order valence-electron chi connectivity index (χ1n) is 10.6. The largest absolute Gasteiger partial charge is 0.359 e. The second kappa shape index (κ2) is 10.5. The van der Waals surface area contributed by atoms with Crippen LogP contribution in [-0.2, 0) is 4.79 Å². The Kier molecular flexibility index (Phi) is 7.28. The number of fused-ring (bicyclic) bond motifs is 1. The predicted octanol–water partition coefficient (Wildman–Crippen LogP) is 4.92. The first kappa shape index (κ1) is 22.2. The smallest absolute Gasteiger partial charge is 0.263 e. The molecule has 0 spiro atoms. The van der Waals surface area contributed by atoms with Crippen LogP contribution in [-0.4, -0.2) is 33.8 Å². The molecule has 0 bridgehead atoms. The van der Waals surface area contributed by atoms with E-state index in [-0.39, 0.29) is 17.9 Å². The van der Waals surface area contributed by atoms with Gasteiger partial charge in [-0.05, 0) is 30.4 Å². The molecule has 0 aliphatic carbocycles. The van der Waals surface area contributed by atoms with Crippen LogP contribution in [0.25, 0.3) is 20.7 Å². The Morgan fingerprint density at radius 3 is 2.81 bits per heavy atom. The molecule has 1 aromatic carbocycles. The highest BCUT2D eigenvalue weighted by molar-refractivity contribution is 7.22. The number of nitrogens with zero attached hydrogens (tertiary/aromatic N) is 2. The zero-order chi connectivity index (χ0) is 22.3. The van der Waals surface area contributed by atoms with E-state index in [4.69, 9.17) is 0 Å². The quantitative estimate of drug-likeness (QED) is 0.288. The minimum atomic E-state index is -0.243. The Bertz CT molecular complexity index is 1150. The lowest BCUT2D eigenvalue weighted by Crippen LogP contribution is -2.28. The van der Waals surface area contributed by atoms with Crippen molar-refractivity contribution >= 4 is 44.6 Å². The third kappa shape index (κ3) is 5.41. The summed E-state index contributed by atoms with van der Waals surface area (Å²) in [5, 5.41) is 6.95. The van der Waals surface area contributed by atoms with Gasteiger partial charge in [-0.2, -0.15) is 0 Å². The lowest BCUT2D eigenvalue weighted by atomic mass is 10.1. The van der Waals surface area contributed by atoms with E-state index in [9.17, 15) is 9.59 Å². The minimum Gasteiger partial charge on any atom is -0.359 e. The number of nitrogens with one attached hydrogen (secondary N) is 3. The molecule has 0 saturated carbocycles. The summed E-state index contributed by atoms with van der Waals surface area (Å²) >= 11 is 3.03. The van der Waals surface area contributed by atoms with Gasteiger partial charge in [-0.3, -0.25) is 14.6 Å². The number of hydrogen-bond acceptors (Lipinski definition) is 6. The molecule has 0 aliphatic rings. The van der Waals surface area contributed by atoms with E-state index < -0.39 is 0 Å². The summed E-state index contributed by atoms with van der Waals surface area (Å²) in [6, 6.07) is 10.2. The first-order chi connectivity index (χ1) is 15.6. The summed E-state index contributed by atoms with van der Waals surface area (Å²) in [6.07, 6.45) is 7.26. The Morgan fingerprint density at radius 1 is 1.16 bits per heavy atom. The molecule has 1 atom stereocenters. The van der Waals surface area contributed by atoms with Crippen molar-refractivity contribution in [3.63, 3.8) is 0 Å². The number of aromatic nitrogens is 3. The second-order valence-electron chi connectivity index (χ2n) is 7.49. The van der Waals surface area contributed by atoms with E-state index in [1.807, 2.05) is 18.3 Å². The zero-order valence-electron chi connectivity index (χ0n) is 17.8. The average molecular weight is 468 g/mol. The van der Waals surface area contributed by atoms with Crippen molar-refractivity contribution in [2.24, 2.45) is 0 Å². The van der Waals surface area contributed by atoms with Gasteiger partial charge in [0.05, 0.1) is 34.5 Å². The number of carbonyl (C=O) groups excluding carboxylic acids is 2. The van der Waals surface area contributed by atoms with Crippen LogP contribution in [0.5, 0.6) is 0 Å². The molecule has 0 radical (unpaired) electrons. The molecule has 0 unspecified atom stereocenters. The Hall–Kier alpha value is -3.04. The van der Waals surface area contributed by atoms with Crippen molar-refractivity contribution in [2.75, 3.05) is 7.05 Å². The van der Waals surface area contributed by atoms with Gasteiger partial charge in [0.1, 0.15) is 10.7 Å². The van der Waals surface area contributed by atoms with Crippen molar-refractivity contribution in [2.45, 2.75) is 38.1 Å². The number of unbranched alkanes of at least 4 members (excludes halogenated alkanes) is 2. The number of H-pyrrole nitrogens is 1. The van der Waals surface area contributed by atoms with Gasteiger partial charge in [0.15, 0.2) is 0 Å². The number of amides is 2. The fourth-order valence-corrected chi connectivity index (χ4v) is 5.07. The molecule has 3 heterocycles. The van der Waals surface area contributed by atoms with Gasteiger partial charge >= 0.3 is 0 Å². The zero-order valence-corrected chi connectivity index (χ0v) is 19.4. The maximum Gasteiger partial charge on any atom is 0.263 e. The molecule has 2 amide bonds. The van der Waals surface area contributed by atoms with E-state index in [0.717, 1.165) is 42.1 Å². The number of carbonyl (C=O) groups is 2. The van der Waals surface area contributed by atoms with Crippen LogP contribution in [0.4, 0.5) is 0 Å². The minimum absolute atomic E-state index is 0.0547. The number of thiazole rings is 1. The second-order valence-corrected chi connectivity index (χ2v) is 9.46. The summed E-state index contributed by atoms with van der Waals surface area (Å²) in [7, 11) is 1.65. The number of hydrogen-bond donors (Lipinski definition) is 3. The molecular weight excluding hydrogens is 442 g/mol. The molecule has 166 valence electrons. The van der Waals surface area contributed by atoms with Crippen LogP contribution < -0.4 is 10.6 Å². The van der Waals surface area contributed by atoms with Crippen LogP contribution in [0.1, 0.15) is 53.6 Å². The van der Waals surface area contributed by atoms with E-state index in [2.05, 4.69) is 43.8 Å². The maximum absolute atomic E-state index is 12.7. The van der Waals surface area contributed by atoms with E-state index in [1.54, 1.807) is 30.1 Å². The highest BCUT2D eigenvalue weighted by Crippen LogP contribution is 2.33. The van der Waals surface area contributed by atoms with Gasteiger partial charge in [0.25, 0.3) is 5.91 Å². The maximum atomic E-state index is 12.7. The molecule has 4 aromatic rings. The highest BCUT2D eigenvalue weighted by Gasteiger charge is 2.20. The van der Waals surface area contributed by atoms with Gasteiger partial charge in [0, 0.05) is 18.2 Å². The van der Waals surface area contributed by atoms with Crippen LogP contribution >= 0.6 is 22.7 Å². The number of imidazole rings is 1. The number of aromatic amines is 1. The molecule has 7 nitrogen and oxygen atoms in total.